The van der Waals surface area contributed by atoms with Crippen molar-refractivity contribution in [3.05, 3.63) is 53.6 Å². The molecule has 0 bridgehead atoms. The van der Waals surface area contributed by atoms with E-state index >= 15 is 0 Å². The Morgan fingerprint density at radius 3 is 2.83 bits per heavy atom. The first-order valence-electron chi connectivity index (χ1n) is 7.99. The van der Waals surface area contributed by atoms with Gasteiger partial charge in [-0.2, -0.15) is 0 Å². The number of amides is 1. The molecular weight excluding hydrogens is 306 g/mol. The van der Waals surface area contributed by atoms with E-state index in [0.717, 1.165) is 29.9 Å². The van der Waals surface area contributed by atoms with E-state index in [-0.39, 0.29) is 19.1 Å². The minimum absolute atomic E-state index is 0.0930. The van der Waals surface area contributed by atoms with E-state index in [1.807, 2.05) is 30.3 Å². The van der Waals surface area contributed by atoms with Crippen LogP contribution in [-0.4, -0.2) is 53.9 Å². The maximum atomic E-state index is 12.5. The molecule has 0 aliphatic carbocycles. The molecule has 1 atom stereocenters. The molecule has 0 spiro atoms. The van der Waals surface area contributed by atoms with Crippen molar-refractivity contribution in [3.63, 3.8) is 0 Å². The SMILES string of the molecule is CN(C[C@@H](O)CO)C(=O)c1cccc(-c2ccc3c(c2)CCO3)c1. The number of aliphatic hydroxyl groups is 2. The van der Waals surface area contributed by atoms with Gasteiger partial charge < -0.3 is 19.8 Å². The van der Waals surface area contributed by atoms with Crippen molar-refractivity contribution < 1.29 is 19.7 Å². The highest BCUT2D eigenvalue weighted by Gasteiger charge is 2.16. The molecule has 24 heavy (non-hydrogen) atoms. The summed E-state index contributed by atoms with van der Waals surface area (Å²) < 4.78 is 5.53. The number of carbonyl (C=O) groups is 1. The van der Waals surface area contributed by atoms with Gasteiger partial charge in [-0.15, -0.1) is 0 Å². The number of nitrogens with zero attached hydrogens (tertiary/aromatic N) is 1. The van der Waals surface area contributed by atoms with Gasteiger partial charge in [-0.25, -0.2) is 0 Å². The van der Waals surface area contributed by atoms with Crippen molar-refractivity contribution >= 4 is 5.91 Å². The summed E-state index contributed by atoms with van der Waals surface area (Å²) in [7, 11) is 1.61. The van der Waals surface area contributed by atoms with Gasteiger partial charge in [0.15, 0.2) is 0 Å². The molecule has 1 heterocycles. The van der Waals surface area contributed by atoms with Crippen LogP contribution in [0, 0.1) is 0 Å². The van der Waals surface area contributed by atoms with Crippen molar-refractivity contribution in [2.75, 3.05) is 26.8 Å². The lowest BCUT2D eigenvalue weighted by molar-refractivity contribution is 0.0520. The molecule has 0 saturated carbocycles. The van der Waals surface area contributed by atoms with E-state index in [4.69, 9.17) is 9.84 Å². The molecule has 2 N–H and O–H groups in total. The van der Waals surface area contributed by atoms with Crippen molar-refractivity contribution in [3.8, 4) is 16.9 Å². The van der Waals surface area contributed by atoms with E-state index < -0.39 is 6.10 Å². The minimum atomic E-state index is -0.932. The van der Waals surface area contributed by atoms with Gasteiger partial charge >= 0.3 is 0 Å². The first-order valence-corrected chi connectivity index (χ1v) is 7.99. The Bertz CT molecular complexity index is 744. The Morgan fingerprint density at radius 2 is 2.04 bits per heavy atom. The van der Waals surface area contributed by atoms with Crippen LogP contribution < -0.4 is 4.74 Å². The Balaban J connectivity index is 1.82. The third-order valence-electron chi connectivity index (χ3n) is 4.17. The second-order valence-corrected chi connectivity index (χ2v) is 6.02. The van der Waals surface area contributed by atoms with Gasteiger partial charge in [0.2, 0.25) is 0 Å². The fourth-order valence-corrected chi connectivity index (χ4v) is 2.88. The Labute approximate surface area is 141 Å². The zero-order valence-electron chi connectivity index (χ0n) is 13.6. The summed E-state index contributed by atoms with van der Waals surface area (Å²) in [5.41, 5.74) is 3.75. The van der Waals surface area contributed by atoms with E-state index in [2.05, 4.69) is 6.07 Å². The third-order valence-corrected chi connectivity index (χ3v) is 4.17. The average Bonchev–Trinajstić information content (AvgIpc) is 3.08. The number of benzene rings is 2. The van der Waals surface area contributed by atoms with Gasteiger partial charge in [-0.1, -0.05) is 18.2 Å². The molecule has 1 aliphatic rings. The lowest BCUT2D eigenvalue weighted by Gasteiger charge is -2.20. The number of rotatable bonds is 5. The third kappa shape index (κ3) is 3.42. The van der Waals surface area contributed by atoms with Gasteiger partial charge in [0.1, 0.15) is 5.75 Å². The molecule has 0 aromatic heterocycles. The predicted octanol–water partition coefficient (Wildman–Crippen LogP) is 1.71. The fourth-order valence-electron chi connectivity index (χ4n) is 2.88. The summed E-state index contributed by atoms with van der Waals surface area (Å²) in [4.78, 5) is 13.9. The Kier molecular flexibility index (Phi) is 4.83. The van der Waals surface area contributed by atoms with Crippen molar-refractivity contribution in [2.45, 2.75) is 12.5 Å². The zero-order chi connectivity index (χ0) is 17.1. The fraction of sp³-hybridized carbons (Fsp3) is 0.316. The topological polar surface area (TPSA) is 70.0 Å². The molecule has 0 radical (unpaired) electrons. The van der Waals surface area contributed by atoms with Crippen molar-refractivity contribution in [2.24, 2.45) is 0 Å². The largest absolute Gasteiger partial charge is 0.493 e. The number of carbonyl (C=O) groups excluding carboxylic acids is 1. The predicted molar refractivity (Wildman–Crippen MR) is 91.1 cm³/mol. The molecule has 2 aromatic rings. The van der Waals surface area contributed by atoms with Crippen LogP contribution in [0.25, 0.3) is 11.1 Å². The number of ether oxygens (including phenoxy) is 1. The highest BCUT2D eigenvalue weighted by atomic mass is 16.5. The first kappa shape index (κ1) is 16.5. The summed E-state index contributed by atoms with van der Waals surface area (Å²) in [5, 5.41) is 18.4. The molecule has 126 valence electrons. The highest BCUT2D eigenvalue weighted by molar-refractivity contribution is 5.95. The summed E-state index contributed by atoms with van der Waals surface area (Å²) in [6.07, 6.45) is -0.0253. The number of likely N-dealkylation sites (N-methyl/N-ethyl adjacent to an activating group) is 1. The van der Waals surface area contributed by atoms with Crippen LogP contribution in [0.4, 0.5) is 0 Å². The second kappa shape index (κ2) is 7.03. The molecular formula is C19H21NO4. The van der Waals surface area contributed by atoms with E-state index in [9.17, 15) is 9.90 Å². The molecule has 0 saturated heterocycles. The lowest BCUT2D eigenvalue weighted by atomic mass is 10.00. The Hall–Kier alpha value is -2.37. The maximum absolute atomic E-state index is 12.5. The standard InChI is InChI=1S/C19H21NO4/c1-20(11-17(22)12-21)19(23)16-4-2-3-13(10-16)14-5-6-18-15(9-14)7-8-24-18/h2-6,9-10,17,21-22H,7-8,11-12H2,1H3/t17-/m1/s1. The summed E-state index contributed by atoms with van der Waals surface area (Å²) in [6.45, 7) is 0.444. The molecule has 3 rings (SSSR count). The van der Waals surface area contributed by atoms with Crippen LogP contribution >= 0.6 is 0 Å². The number of hydrogen-bond donors (Lipinski definition) is 2. The quantitative estimate of drug-likeness (QED) is 0.877. The molecule has 5 heteroatoms. The molecule has 5 nitrogen and oxygen atoms in total. The van der Waals surface area contributed by atoms with Crippen LogP contribution in [0.5, 0.6) is 5.75 Å². The van der Waals surface area contributed by atoms with E-state index in [1.165, 1.54) is 10.5 Å². The Morgan fingerprint density at radius 1 is 1.25 bits per heavy atom. The second-order valence-electron chi connectivity index (χ2n) is 6.02. The van der Waals surface area contributed by atoms with Crippen molar-refractivity contribution in [1.82, 2.24) is 4.90 Å². The first-order chi connectivity index (χ1) is 11.6. The van der Waals surface area contributed by atoms with Crippen LogP contribution in [0.2, 0.25) is 0 Å². The van der Waals surface area contributed by atoms with Crippen molar-refractivity contribution in [1.29, 1.82) is 0 Å². The number of hydrogen-bond acceptors (Lipinski definition) is 4. The summed E-state index contributed by atoms with van der Waals surface area (Å²) >= 11 is 0. The molecule has 1 aliphatic heterocycles. The van der Waals surface area contributed by atoms with Gasteiger partial charge in [0, 0.05) is 25.6 Å². The average molecular weight is 327 g/mol. The van der Waals surface area contributed by atoms with E-state index in [0.29, 0.717) is 5.56 Å². The molecule has 2 aromatic carbocycles. The molecule has 0 fully saturated rings. The smallest absolute Gasteiger partial charge is 0.253 e. The van der Waals surface area contributed by atoms with Crippen LogP contribution in [0.3, 0.4) is 0 Å². The number of fused-ring (bicyclic) bond motifs is 1. The maximum Gasteiger partial charge on any atom is 0.253 e. The minimum Gasteiger partial charge on any atom is -0.493 e. The normalized spacial score (nSPS) is 14.0. The monoisotopic (exact) mass is 327 g/mol. The van der Waals surface area contributed by atoms with Gasteiger partial charge in [-0.3, -0.25) is 4.79 Å². The summed E-state index contributed by atoms with van der Waals surface area (Å²) in [6, 6.07) is 13.5. The summed E-state index contributed by atoms with van der Waals surface area (Å²) in [5.74, 6) is 0.748. The van der Waals surface area contributed by atoms with Crippen LogP contribution in [-0.2, 0) is 6.42 Å². The van der Waals surface area contributed by atoms with Gasteiger partial charge in [0.25, 0.3) is 5.91 Å². The van der Waals surface area contributed by atoms with Crippen LogP contribution in [0.1, 0.15) is 15.9 Å². The van der Waals surface area contributed by atoms with Gasteiger partial charge in [0.05, 0.1) is 19.3 Å². The lowest BCUT2D eigenvalue weighted by Crippen LogP contribution is -2.35. The highest BCUT2D eigenvalue weighted by Crippen LogP contribution is 2.30. The van der Waals surface area contributed by atoms with E-state index in [1.54, 1.807) is 13.1 Å². The van der Waals surface area contributed by atoms with Gasteiger partial charge in [-0.05, 0) is 41.0 Å². The molecule has 1 amide bonds. The van der Waals surface area contributed by atoms with Crippen LogP contribution in [0.15, 0.2) is 42.5 Å². The molecule has 0 unspecified atom stereocenters. The number of aliphatic hydroxyl groups excluding tert-OH is 2. The zero-order valence-corrected chi connectivity index (χ0v) is 13.6.